The number of alkyl halides is 3. The lowest BCUT2D eigenvalue weighted by molar-refractivity contribution is -0.140. The molecular formula is C20H25F3N4O3S. The van der Waals surface area contributed by atoms with Crippen LogP contribution in [0.5, 0.6) is 0 Å². The van der Waals surface area contributed by atoms with Gasteiger partial charge in [0.2, 0.25) is 0 Å². The lowest BCUT2D eigenvalue weighted by Gasteiger charge is -2.41. The standard InChI is InChI=1S/C20H25F3N4O3S/c1-14-12-27(13-15(2)30-14)31(28,29)26-9-7-25(8-10-26)18-11-19(20(21,22)23)24-17-6-4-3-5-16(17)18/h3-6,11,14-15H,7-10,12-13H2,1-2H3/t14-,15+. The lowest BCUT2D eigenvalue weighted by Crippen LogP contribution is -2.57. The van der Waals surface area contributed by atoms with Crippen molar-refractivity contribution >= 4 is 26.8 Å². The van der Waals surface area contributed by atoms with E-state index in [1.165, 1.54) is 8.61 Å². The van der Waals surface area contributed by atoms with Crippen LogP contribution in [0.2, 0.25) is 0 Å². The molecule has 0 saturated carbocycles. The molecule has 2 aliphatic rings. The van der Waals surface area contributed by atoms with Crippen LogP contribution in [0.15, 0.2) is 30.3 Å². The number of benzene rings is 1. The Balaban J connectivity index is 1.56. The van der Waals surface area contributed by atoms with Gasteiger partial charge in [-0.15, -0.1) is 0 Å². The van der Waals surface area contributed by atoms with Gasteiger partial charge in [0, 0.05) is 50.3 Å². The normalized spacial score (nSPS) is 24.6. The molecule has 2 fully saturated rings. The number of nitrogens with zero attached hydrogens (tertiary/aromatic N) is 4. The van der Waals surface area contributed by atoms with E-state index in [1.54, 1.807) is 29.2 Å². The number of fused-ring (bicyclic) bond motifs is 1. The zero-order valence-electron chi connectivity index (χ0n) is 17.3. The summed E-state index contributed by atoms with van der Waals surface area (Å²) in [6, 6.07) is 7.74. The van der Waals surface area contributed by atoms with Crippen LogP contribution in [0.3, 0.4) is 0 Å². The summed E-state index contributed by atoms with van der Waals surface area (Å²) in [6.07, 6.45) is -4.94. The first-order chi connectivity index (χ1) is 14.6. The molecule has 2 atom stereocenters. The van der Waals surface area contributed by atoms with Crippen molar-refractivity contribution in [3.63, 3.8) is 0 Å². The van der Waals surface area contributed by atoms with Crippen LogP contribution in [0.25, 0.3) is 10.9 Å². The monoisotopic (exact) mass is 458 g/mol. The number of anilines is 1. The number of halogens is 3. The second kappa shape index (κ2) is 8.19. The fraction of sp³-hybridized carbons (Fsp3) is 0.550. The third-order valence-electron chi connectivity index (χ3n) is 5.60. The largest absolute Gasteiger partial charge is 0.433 e. The van der Waals surface area contributed by atoms with E-state index in [0.29, 0.717) is 24.2 Å². The van der Waals surface area contributed by atoms with Gasteiger partial charge in [-0.2, -0.15) is 30.2 Å². The maximum atomic E-state index is 13.4. The third kappa shape index (κ3) is 4.50. The van der Waals surface area contributed by atoms with E-state index in [0.717, 1.165) is 6.07 Å². The molecule has 0 unspecified atom stereocenters. The number of hydrogen-bond donors (Lipinski definition) is 0. The molecule has 31 heavy (non-hydrogen) atoms. The Bertz CT molecular complexity index is 1050. The van der Waals surface area contributed by atoms with Crippen LogP contribution in [0.1, 0.15) is 19.5 Å². The summed E-state index contributed by atoms with van der Waals surface area (Å²) >= 11 is 0. The molecule has 2 aromatic rings. The molecule has 0 radical (unpaired) electrons. The summed E-state index contributed by atoms with van der Waals surface area (Å²) in [5, 5.41) is 0.614. The highest BCUT2D eigenvalue weighted by molar-refractivity contribution is 7.86. The topological polar surface area (TPSA) is 66.0 Å². The second-order valence-electron chi connectivity index (χ2n) is 8.01. The van der Waals surface area contributed by atoms with Crippen molar-refractivity contribution in [2.75, 3.05) is 44.2 Å². The maximum Gasteiger partial charge on any atom is 0.433 e. The summed E-state index contributed by atoms with van der Waals surface area (Å²) in [6.45, 7) is 5.22. The summed E-state index contributed by atoms with van der Waals surface area (Å²) in [7, 11) is -3.66. The smallest absolute Gasteiger partial charge is 0.373 e. The number of para-hydroxylation sites is 1. The Morgan fingerprint density at radius 3 is 2.23 bits per heavy atom. The molecule has 7 nitrogen and oxygen atoms in total. The Morgan fingerprint density at radius 1 is 1.00 bits per heavy atom. The van der Waals surface area contributed by atoms with E-state index in [2.05, 4.69) is 4.98 Å². The first-order valence-electron chi connectivity index (χ1n) is 10.2. The van der Waals surface area contributed by atoms with E-state index in [1.807, 2.05) is 13.8 Å². The molecule has 2 aliphatic heterocycles. The van der Waals surface area contributed by atoms with Crippen molar-refractivity contribution < 1.29 is 26.3 Å². The van der Waals surface area contributed by atoms with Crippen LogP contribution in [-0.4, -0.2) is 73.5 Å². The van der Waals surface area contributed by atoms with E-state index in [9.17, 15) is 21.6 Å². The molecule has 0 bridgehead atoms. The van der Waals surface area contributed by atoms with Crippen LogP contribution < -0.4 is 4.90 Å². The molecule has 2 saturated heterocycles. The highest BCUT2D eigenvalue weighted by Gasteiger charge is 2.38. The molecule has 11 heteroatoms. The van der Waals surface area contributed by atoms with Crippen molar-refractivity contribution in [2.45, 2.75) is 32.2 Å². The van der Waals surface area contributed by atoms with Crippen molar-refractivity contribution in [1.82, 2.24) is 13.6 Å². The summed E-state index contributed by atoms with van der Waals surface area (Å²) in [5.41, 5.74) is -0.269. The fourth-order valence-electron chi connectivity index (χ4n) is 4.21. The van der Waals surface area contributed by atoms with Gasteiger partial charge in [-0.05, 0) is 26.0 Å². The molecule has 0 amide bonds. The molecule has 1 aromatic heterocycles. The minimum absolute atomic E-state index is 0.191. The lowest BCUT2D eigenvalue weighted by atomic mass is 10.1. The predicted molar refractivity (Wildman–Crippen MR) is 111 cm³/mol. The molecular weight excluding hydrogens is 433 g/mol. The van der Waals surface area contributed by atoms with Gasteiger partial charge in [-0.1, -0.05) is 18.2 Å². The molecule has 1 aromatic carbocycles. The number of piperazine rings is 1. The van der Waals surface area contributed by atoms with Gasteiger partial charge in [-0.25, -0.2) is 4.98 Å². The number of ether oxygens (including phenoxy) is 1. The first kappa shape index (κ1) is 22.3. The highest BCUT2D eigenvalue weighted by atomic mass is 32.2. The minimum atomic E-state index is -4.56. The first-order valence-corrected chi connectivity index (χ1v) is 11.6. The minimum Gasteiger partial charge on any atom is -0.373 e. The number of hydrogen-bond acceptors (Lipinski definition) is 5. The predicted octanol–water partition coefficient (Wildman–Crippen LogP) is 2.73. The Hall–Kier alpha value is -1.95. The van der Waals surface area contributed by atoms with Crippen LogP contribution in [0, 0.1) is 0 Å². The quantitative estimate of drug-likeness (QED) is 0.708. The van der Waals surface area contributed by atoms with Crippen molar-refractivity contribution in [3.8, 4) is 0 Å². The molecule has 0 N–H and O–H groups in total. The van der Waals surface area contributed by atoms with Gasteiger partial charge in [0.15, 0.2) is 0 Å². The van der Waals surface area contributed by atoms with Gasteiger partial charge < -0.3 is 9.64 Å². The Kier molecular flexibility index (Phi) is 5.88. The third-order valence-corrected chi connectivity index (χ3v) is 7.57. The van der Waals surface area contributed by atoms with E-state index in [4.69, 9.17) is 4.74 Å². The summed E-state index contributed by atoms with van der Waals surface area (Å²) < 4.78 is 74.7. The van der Waals surface area contributed by atoms with Crippen molar-refractivity contribution in [1.29, 1.82) is 0 Å². The number of pyridine rings is 1. The zero-order chi connectivity index (χ0) is 22.4. The molecule has 0 spiro atoms. The average Bonchev–Trinajstić information content (AvgIpc) is 2.71. The number of aromatic nitrogens is 1. The summed E-state index contributed by atoms with van der Waals surface area (Å²) in [4.78, 5) is 5.56. The maximum absolute atomic E-state index is 13.4. The van der Waals surface area contributed by atoms with Crippen molar-refractivity contribution in [3.05, 3.63) is 36.0 Å². The van der Waals surface area contributed by atoms with E-state index < -0.39 is 22.1 Å². The van der Waals surface area contributed by atoms with Gasteiger partial charge in [-0.3, -0.25) is 0 Å². The van der Waals surface area contributed by atoms with Gasteiger partial charge >= 0.3 is 6.18 Å². The molecule has 4 rings (SSSR count). The second-order valence-corrected chi connectivity index (χ2v) is 9.94. The summed E-state index contributed by atoms with van der Waals surface area (Å²) in [5.74, 6) is 0. The van der Waals surface area contributed by atoms with E-state index >= 15 is 0 Å². The van der Waals surface area contributed by atoms with Gasteiger partial charge in [0.05, 0.1) is 17.7 Å². The van der Waals surface area contributed by atoms with Gasteiger partial charge in [0.1, 0.15) is 5.69 Å². The van der Waals surface area contributed by atoms with E-state index in [-0.39, 0.29) is 43.9 Å². The SMILES string of the molecule is C[C@@H]1CN(S(=O)(=O)N2CCN(c3cc(C(F)(F)F)nc4ccccc34)CC2)C[C@H](C)O1. The highest BCUT2D eigenvalue weighted by Crippen LogP contribution is 2.35. The van der Waals surface area contributed by atoms with Crippen LogP contribution in [-0.2, 0) is 21.1 Å². The van der Waals surface area contributed by atoms with Gasteiger partial charge in [0.25, 0.3) is 10.2 Å². The number of rotatable bonds is 3. The van der Waals surface area contributed by atoms with Crippen LogP contribution >= 0.6 is 0 Å². The number of morpholine rings is 1. The molecule has 0 aliphatic carbocycles. The zero-order valence-corrected chi connectivity index (χ0v) is 18.2. The Labute approximate surface area is 179 Å². The fourth-order valence-corrected chi connectivity index (χ4v) is 5.95. The average molecular weight is 459 g/mol. The van der Waals surface area contributed by atoms with Crippen molar-refractivity contribution in [2.24, 2.45) is 0 Å². The van der Waals surface area contributed by atoms with Crippen LogP contribution in [0.4, 0.5) is 18.9 Å². The Morgan fingerprint density at radius 2 is 1.61 bits per heavy atom. The molecule has 170 valence electrons. The molecule has 3 heterocycles.